The summed E-state index contributed by atoms with van der Waals surface area (Å²) in [5, 5.41) is 6.53. The molecule has 6 nitrogen and oxygen atoms in total. The predicted molar refractivity (Wildman–Crippen MR) is 110 cm³/mol. The Balaban J connectivity index is 1.79. The smallest absolute Gasteiger partial charge is 0.252 e. The lowest BCUT2D eigenvalue weighted by Gasteiger charge is -2.22. The van der Waals surface area contributed by atoms with Crippen molar-refractivity contribution in [1.82, 2.24) is 15.5 Å². The molecule has 2 aromatic rings. The zero-order chi connectivity index (χ0) is 19.6. The molecule has 0 saturated heterocycles. The molecule has 0 heterocycles. The van der Waals surface area contributed by atoms with Crippen molar-refractivity contribution in [3.05, 3.63) is 64.7 Å². The minimum absolute atomic E-state index is 0.191. The molecule has 0 spiro atoms. The van der Waals surface area contributed by atoms with Gasteiger partial charge >= 0.3 is 0 Å². The topological polar surface area (TPSA) is 66.0 Å². The third kappa shape index (κ3) is 6.18. The monoisotopic (exact) mass is 388 g/mol. The number of amides is 1. The van der Waals surface area contributed by atoms with E-state index in [1.807, 2.05) is 36.2 Å². The number of rotatable bonds is 7. The third-order valence-corrected chi connectivity index (χ3v) is 4.29. The number of nitrogens with one attached hydrogen (secondary N) is 2. The molecule has 2 rings (SSSR count). The average molecular weight is 389 g/mol. The van der Waals surface area contributed by atoms with Gasteiger partial charge in [0.2, 0.25) is 0 Å². The van der Waals surface area contributed by atoms with E-state index >= 15 is 0 Å². The number of hydrogen-bond acceptors (Lipinski definition) is 3. The lowest BCUT2D eigenvalue weighted by molar-refractivity contribution is 0.0954. The maximum atomic E-state index is 12.1. The molecule has 0 radical (unpaired) electrons. The van der Waals surface area contributed by atoms with Gasteiger partial charge < -0.3 is 20.3 Å². The van der Waals surface area contributed by atoms with Gasteiger partial charge in [-0.15, -0.1) is 0 Å². The fourth-order valence-electron chi connectivity index (χ4n) is 2.56. The van der Waals surface area contributed by atoms with Gasteiger partial charge in [0.1, 0.15) is 5.75 Å². The van der Waals surface area contributed by atoms with Crippen LogP contribution < -0.4 is 15.4 Å². The van der Waals surface area contributed by atoms with E-state index in [0.29, 0.717) is 30.2 Å². The molecule has 27 heavy (non-hydrogen) atoms. The van der Waals surface area contributed by atoms with Crippen molar-refractivity contribution in [2.24, 2.45) is 4.99 Å². The van der Waals surface area contributed by atoms with Crippen molar-refractivity contribution in [1.29, 1.82) is 0 Å². The first-order valence-electron chi connectivity index (χ1n) is 8.62. The fourth-order valence-corrected chi connectivity index (χ4v) is 2.78. The first-order valence-corrected chi connectivity index (χ1v) is 9.00. The van der Waals surface area contributed by atoms with Gasteiger partial charge in [-0.25, -0.2) is 0 Å². The van der Waals surface area contributed by atoms with Crippen molar-refractivity contribution in [3.63, 3.8) is 0 Å². The Bertz CT molecular complexity index is 778. The van der Waals surface area contributed by atoms with E-state index in [9.17, 15) is 4.79 Å². The summed E-state index contributed by atoms with van der Waals surface area (Å²) < 4.78 is 5.17. The third-order valence-electron chi connectivity index (χ3n) is 3.96. The van der Waals surface area contributed by atoms with E-state index < -0.39 is 0 Å². The lowest BCUT2D eigenvalue weighted by atomic mass is 10.2. The molecule has 7 heteroatoms. The first kappa shape index (κ1) is 20.6. The summed E-state index contributed by atoms with van der Waals surface area (Å²) in [6.07, 6.45) is 0. The molecular weight excluding hydrogens is 364 g/mol. The summed E-state index contributed by atoms with van der Waals surface area (Å²) in [6, 6.07) is 14.9. The molecule has 0 aliphatic heterocycles. The summed E-state index contributed by atoms with van der Waals surface area (Å²) >= 11 is 6.03. The lowest BCUT2D eigenvalue weighted by Crippen LogP contribution is -2.42. The summed E-state index contributed by atoms with van der Waals surface area (Å²) in [5.41, 5.74) is 1.62. The highest BCUT2D eigenvalue weighted by Gasteiger charge is 2.10. The average Bonchev–Trinajstić information content (AvgIpc) is 2.68. The highest BCUT2D eigenvalue weighted by atomic mass is 35.5. The molecule has 0 fully saturated rings. The standard InChI is InChI=1S/C20H25ClN4O2/c1-22-20(25(2)14-15-8-10-16(27-3)11-9-15)24-13-12-23-19(26)17-6-4-5-7-18(17)21/h4-11H,12-14H2,1-3H3,(H,22,24)(H,23,26). The van der Waals surface area contributed by atoms with Crippen molar-refractivity contribution < 1.29 is 9.53 Å². The highest BCUT2D eigenvalue weighted by molar-refractivity contribution is 6.33. The van der Waals surface area contributed by atoms with Crippen LogP contribution in [0.3, 0.4) is 0 Å². The number of halogens is 1. The van der Waals surface area contributed by atoms with E-state index in [4.69, 9.17) is 16.3 Å². The molecule has 0 saturated carbocycles. The second-order valence-corrected chi connectivity index (χ2v) is 6.32. The van der Waals surface area contributed by atoms with Crippen molar-refractivity contribution in [2.75, 3.05) is 34.3 Å². The van der Waals surface area contributed by atoms with Crippen LogP contribution in [-0.4, -0.2) is 51.1 Å². The second-order valence-electron chi connectivity index (χ2n) is 5.91. The van der Waals surface area contributed by atoms with Crippen molar-refractivity contribution >= 4 is 23.5 Å². The quantitative estimate of drug-likeness (QED) is 0.435. The maximum Gasteiger partial charge on any atom is 0.252 e. The van der Waals surface area contributed by atoms with Gasteiger partial charge in [0.15, 0.2) is 5.96 Å². The van der Waals surface area contributed by atoms with Crippen LogP contribution in [0.4, 0.5) is 0 Å². The van der Waals surface area contributed by atoms with Crippen LogP contribution in [0.2, 0.25) is 5.02 Å². The number of ether oxygens (including phenoxy) is 1. The predicted octanol–water partition coefficient (Wildman–Crippen LogP) is 2.79. The van der Waals surface area contributed by atoms with Gasteiger partial charge in [-0.2, -0.15) is 0 Å². The Hall–Kier alpha value is -2.73. The van der Waals surface area contributed by atoms with Gasteiger partial charge in [-0.05, 0) is 29.8 Å². The summed E-state index contributed by atoms with van der Waals surface area (Å²) in [4.78, 5) is 18.4. The number of benzene rings is 2. The Morgan fingerprint density at radius 1 is 1.11 bits per heavy atom. The highest BCUT2D eigenvalue weighted by Crippen LogP contribution is 2.14. The Morgan fingerprint density at radius 2 is 1.78 bits per heavy atom. The van der Waals surface area contributed by atoms with Crippen LogP contribution in [-0.2, 0) is 6.54 Å². The van der Waals surface area contributed by atoms with E-state index in [1.54, 1.807) is 38.4 Å². The molecule has 2 N–H and O–H groups in total. The van der Waals surface area contributed by atoms with Gasteiger partial charge in [-0.3, -0.25) is 9.79 Å². The number of aliphatic imine (C=N–C) groups is 1. The van der Waals surface area contributed by atoms with Crippen LogP contribution in [0.25, 0.3) is 0 Å². The SMILES string of the molecule is CN=C(NCCNC(=O)c1ccccc1Cl)N(C)Cc1ccc(OC)cc1. The molecular formula is C20H25ClN4O2. The minimum Gasteiger partial charge on any atom is -0.497 e. The van der Waals surface area contributed by atoms with Gasteiger partial charge in [-0.1, -0.05) is 35.9 Å². The van der Waals surface area contributed by atoms with Gasteiger partial charge in [0, 0.05) is 33.7 Å². The van der Waals surface area contributed by atoms with Gasteiger partial charge in [0.25, 0.3) is 5.91 Å². The van der Waals surface area contributed by atoms with Crippen LogP contribution in [0.15, 0.2) is 53.5 Å². The number of carbonyl (C=O) groups excluding carboxylic acids is 1. The number of hydrogen-bond donors (Lipinski definition) is 2. The number of nitrogens with zero attached hydrogens (tertiary/aromatic N) is 2. The van der Waals surface area contributed by atoms with E-state index in [0.717, 1.165) is 17.3 Å². The molecule has 0 unspecified atom stereocenters. The maximum absolute atomic E-state index is 12.1. The number of carbonyl (C=O) groups is 1. The summed E-state index contributed by atoms with van der Waals surface area (Å²) in [5.74, 6) is 1.39. The van der Waals surface area contributed by atoms with E-state index in [2.05, 4.69) is 15.6 Å². The molecule has 0 bridgehead atoms. The largest absolute Gasteiger partial charge is 0.497 e. The molecule has 0 aromatic heterocycles. The second kappa shape index (κ2) is 10.4. The van der Waals surface area contributed by atoms with Crippen molar-refractivity contribution in [2.45, 2.75) is 6.54 Å². The van der Waals surface area contributed by atoms with Gasteiger partial charge in [0.05, 0.1) is 17.7 Å². The zero-order valence-corrected chi connectivity index (χ0v) is 16.6. The minimum atomic E-state index is -0.191. The van der Waals surface area contributed by atoms with Crippen LogP contribution in [0.5, 0.6) is 5.75 Å². The van der Waals surface area contributed by atoms with Crippen LogP contribution in [0, 0.1) is 0 Å². The van der Waals surface area contributed by atoms with Crippen LogP contribution in [0.1, 0.15) is 15.9 Å². The Morgan fingerprint density at radius 3 is 2.41 bits per heavy atom. The normalized spacial score (nSPS) is 11.0. The number of methoxy groups -OCH3 is 1. The first-order chi connectivity index (χ1) is 13.0. The van der Waals surface area contributed by atoms with E-state index in [-0.39, 0.29) is 5.91 Å². The Labute approximate surface area is 165 Å². The fraction of sp³-hybridized carbons (Fsp3) is 0.300. The zero-order valence-electron chi connectivity index (χ0n) is 15.8. The molecule has 0 atom stereocenters. The van der Waals surface area contributed by atoms with Crippen molar-refractivity contribution in [3.8, 4) is 5.75 Å². The van der Waals surface area contributed by atoms with Crippen LogP contribution >= 0.6 is 11.6 Å². The number of guanidine groups is 1. The molecule has 144 valence electrons. The molecule has 2 aromatic carbocycles. The molecule has 0 aliphatic carbocycles. The van der Waals surface area contributed by atoms with E-state index in [1.165, 1.54) is 0 Å². The summed E-state index contributed by atoms with van der Waals surface area (Å²) in [7, 11) is 5.34. The Kier molecular flexibility index (Phi) is 7.95. The molecule has 1 amide bonds. The summed E-state index contributed by atoms with van der Waals surface area (Å²) in [6.45, 7) is 1.71. The molecule has 0 aliphatic rings.